The second-order valence-electron chi connectivity index (χ2n) is 7.74. The normalized spacial score (nSPS) is 23.1. The number of amides is 1. The highest BCUT2D eigenvalue weighted by molar-refractivity contribution is 5.91. The highest BCUT2D eigenvalue weighted by Gasteiger charge is 2.43. The van der Waals surface area contributed by atoms with Gasteiger partial charge in [-0.25, -0.2) is 4.39 Å². The van der Waals surface area contributed by atoms with E-state index in [0.29, 0.717) is 11.7 Å². The Hall–Kier alpha value is -2.34. The van der Waals surface area contributed by atoms with Gasteiger partial charge in [0.15, 0.2) is 5.76 Å². The smallest absolute Gasteiger partial charge is 0.289 e. The average molecular weight is 372 g/mol. The maximum absolute atomic E-state index is 13.1. The van der Waals surface area contributed by atoms with E-state index in [1.165, 1.54) is 19.2 Å². The number of likely N-dealkylation sites (tertiary alicyclic amines) is 2. The molecule has 0 N–H and O–H groups in total. The summed E-state index contributed by atoms with van der Waals surface area (Å²) in [6, 6.07) is 10.1. The van der Waals surface area contributed by atoms with E-state index in [2.05, 4.69) is 4.90 Å². The molecule has 0 unspecified atom stereocenters. The number of carbonyl (C=O) groups excluding carboxylic acids is 1. The lowest BCUT2D eigenvalue weighted by atomic mass is 9.79. The van der Waals surface area contributed by atoms with Crippen LogP contribution in [0, 0.1) is 11.2 Å². The zero-order valence-corrected chi connectivity index (χ0v) is 15.6. The van der Waals surface area contributed by atoms with Crippen molar-refractivity contribution in [1.82, 2.24) is 9.80 Å². The number of rotatable bonds is 4. The second kappa shape index (κ2) is 7.35. The average Bonchev–Trinajstić information content (AvgIpc) is 3.31. The maximum Gasteiger partial charge on any atom is 0.289 e. The van der Waals surface area contributed by atoms with Crippen LogP contribution in [0.2, 0.25) is 0 Å². The Kier molecular flexibility index (Phi) is 4.91. The number of ether oxygens (including phenoxy) is 1. The lowest BCUT2D eigenvalue weighted by Gasteiger charge is -2.40. The number of hydrogen-bond donors (Lipinski definition) is 0. The highest BCUT2D eigenvalue weighted by Crippen LogP contribution is 2.40. The van der Waals surface area contributed by atoms with Gasteiger partial charge in [-0.1, -0.05) is 12.1 Å². The molecule has 0 aliphatic carbocycles. The minimum Gasteiger partial charge on any atom is -0.468 e. The predicted octanol–water partition coefficient (Wildman–Crippen LogP) is 3.56. The first-order valence-corrected chi connectivity index (χ1v) is 9.47. The van der Waals surface area contributed by atoms with Crippen molar-refractivity contribution in [2.45, 2.75) is 25.8 Å². The SMILES string of the molecule is COc1ccc(C(=O)N2CC[C@@]3(CCCN(Cc4ccc(F)cc4)C3)C2)o1. The largest absolute Gasteiger partial charge is 0.468 e. The van der Waals surface area contributed by atoms with Crippen molar-refractivity contribution in [3.63, 3.8) is 0 Å². The Morgan fingerprint density at radius 3 is 2.70 bits per heavy atom. The van der Waals surface area contributed by atoms with Crippen LogP contribution in [0.3, 0.4) is 0 Å². The van der Waals surface area contributed by atoms with Crippen LogP contribution in [0.25, 0.3) is 0 Å². The molecule has 2 aromatic rings. The summed E-state index contributed by atoms with van der Waals surface area (Å²) in [5, 5.41) is 0. The van der Waals surface area contributed by atoms with Gasteiger partial charge in [-0.2, -0.15) is 0 Å². The molecular formula is C21H25FN2O3. The number of methoxy groups -OCH3 is 1. The van der Waals surface area contributed by atoms with Crippen molar-refractivity contribution in [2.75, 3.05) is 33.3 Å². The van der Waals surface area contributed by atoms with E-state index < -0.39 is 0 Å². The van der Waals surface area contributed by atoms with Crippen molar-refractivity contribution in [3.8, 4) is 5.95 Å². The number of piperidine rings is 1. The van der Waals surface area contributed by atoms with E-state index in [9.17, 15) is 9.18 Å². The summed E-state index contributed by atoms with van der Waals surface area (Å²) in [5.74, 6) is 0.428. The van der Waals surface area contributed by atoms with Gasteiger partial charge < -0.3 is 14.1 Å². The minimum absolute atomic E-state index is 0.0640. The van der Waals surface area contributed by atoms with Gasteiger partial charge in [0.2, 0.25) is 0 Å². The molecule has 5 nitrogen and oxygen atoms in total. The summed E-state index contributed by atoms with van der Waals surface area (Å²) in [5.41, 5.74) is 1.27. The molecule has 1 atom stereocenters. The van der Waals surface area contributed by atoms with E-state index in [1.807, 2.05) is 17.0 Å². The molecule has 2 fully saturated rings. The Balaban J connectivity index is 1.40. The molecule has 6 heteroatoms. The summed E-state index contributed by atoms with van der Waals surface area (Å²) in [6.07, 6.45) is 3.27. The van der Waals surface area contributed by atoms with Gasteiger partial charge in [0.05, 0.1) is 7.11 Å². The fourth-order valence-electron chi connectivity index (χ4n) is 4.44. The van der Waals surface area contributed by atoms with Crippen LogP contribution in [0.1, 0.15) is 35.4 Å². The molecule has 1 aromatic heterocycles. The Morgan fingerprint density at radius 2 is 1.96 bits per heavy atom. The van der Waals surface area contributed by atoms with Crippen LogP contribution in [0.4, 0.5) is 4.39 Å². The lowest BCUT2D eigenvalue weighted by molar-refractivity contribution is 0.0647. The Labute approximate surface area is 158 Å². The van der Waals surface area contributed by atoms with Gasteiger partial charge in [-0.3, -0.25) is 9.69 Å². The van der Waals surface area contributed by atoms with Crippen LogP contribution >= 0.6 is 0 Å². The third-order valence-electron chi connectivity index (χ3n) is 5.78. The van der Waals surface area contributed by atoms with Crippen LogP contribution in [-0.2, 0) is 6.54 Å². The molecule has 1 spiro atoms. The van der Waals surface area contributed by atoms with Crippen molar-refractivity contribution < 1.29 is 18.3 Å². The van der Waals surface area contributed by atoms with E-state index in [1.54, 1.807) is 12.1 Å². The summed E-state index contributed by atoms with van der Waals surface area (Å²) in [7, 11) is 1.52. The molecule has 0 saturated carbocycles. The van der Waals surface area contributed by atoms with Gasteiger partial charge >= 0.3 is 0 Å². The number of nitrogens with zero attached hydrogens (tertiary/aromatic N) is 2. The molecule has 2 aliphatic heterocycles. The van der Waals surface area contributed by atoms with Gasteiger partial charge in [-0.05, 0) is 49.6 Å². The number of carbonyl (C=O) groups is 1. The van der Waals surface area contributed by atoms with Crippen molar-refractivity contribution in [2.24, 2.45) is 5.41 Å². The molecule has 0 bridgehead atoms. The maximum atomic E-state index is 13.1. The summed E-state index contributed by atoms with van der Waals surface area (Å²) in [6.45, 7) is 4.35. The molecule has 4 rings (SSSR count). The minimum atomic E-state index is -0.201. The standard InChI is InChI=1S/C21H25FN2O3/c1-26-19-8-7-18(27-19)20(25)24-12-10-21(15-24)9-2-11-23(14-21)13-16-3-5-17(22)6-4-16/h3-8H,2,9-15H2,1H3/t21-/m1/s1. The summed E-state index contributed by atoms with van der Waals surface area (Å²) >= 11 is 0. The molecule has 1 aromatic carbocycles. The molecule has 1 amide bonds. The van der Waals surface area contributed by atoms with E-state index >= 15 is 0 Å². The van der Waals surface area contributed by atoms with E-state index in [0.717, 1.165) is 57.5 Å². The Bertz CT molecular complexity index is 804. The molecule has 27 heavy (non-hydrogen) atoms. The molecule has 2 saturated heterocycles. The Morgan fingerprint density at radius 1 is 1.15 bits per heavy atom. The quantitative estimate of drug-likeness (QED) is 0.823. The molecule has 3 heterocycles. The number of hydrogen-bond acceptors (Lipinski definition) is 4. The number of halogens is 1. The van der Waals surface area contributed by atoms with Crippen LogP contribution in [0.15, 0.2) is 40.8 Å². The van der Waals surface area contributed by atoms with Crippen molar-refractivity contribution >= 4 is 5.91 Å². The zero-order valence-electron chi connectivity index (χ0n) is 15.6. The number of furan rings is 1. The van der Waals surface area contributed by atoms with Crippen molar-refractivity contribution in [3.05, 3.63) is 53.5 Å². The first-order chi connectivity index (χ1) is 13.1. The second-order valence-corrected chi connectivity index (χ2v) is 7.74. The predicted molar refractivity (Wildman–Crippen MR) is 99.1 cm³/mol. The molecule has 0 radical (unpaired) electrons. The number of benzene rings is 1. The van der Waals surface area contributed by atoms with Crippen LogP contribution < -0.4 is 4.74 Å². The van der Waals surface area contributed by atoms with Gasteiger partial charge in [0.25, 0.3) is 11.9 Å². The van der Waals surface area contributed by atoms with Crippen LogP contribution in [0.5, 0.6) is 5.95 Å². The van der Waals surface area contributed by atoms with Gasteiger partial charge in [0, 0.05) is 37.7 Å². The fraction of sp³-hybridized carbons (Fsp3) is 0.476. The van der Waals surface area contributed by atoms with Crippen LogP contribution in [-0.4, -0.2) is 49.0 Å². The van der Waals surface area contributed by atoms with Gasteiger partial charge in [-0.15, -0.1) is 0 Å². The van der Waals surface area contributed by atoms with Crippen molar-refractivity contribution in [1.29, 1.82) is 0 Å². The molecular weight excluding hydrogens is 347 g/mol. The zero-order chi connectivity index (χ0) is 18.9. The van der Waals surface area contributed by atoms with Gasteiger partial charge in [0.1, 0.15) is 5.82 Å². The van der Waals surface area contributed by atoms with E-state index in [4.69, 9.17) is 9.15 Å². The highest BCUT2D eigenvalue weighted by atomic mass is 19.1. The fourth-order valence-corrected chi connectivity index (χ4v) is 4.44. The topological polar surface area (TPSA) is 45.9 Å². The molecule has 2 aliphatic rings. The van der Waals surface area contributed by atoms with E-state index in [-0.39, 0.29) is 17.1 Å². The summed E-state index contributed by atoms with van der Waals surface area (Å²) in [4.78, 5) is 17.1. The third-order valence-corrected chi connectivity index (χ3v) is 5.78. The molecule has 144 valence electrons. The first kappa shape index (κ1) is 18.0. The lowest BCUT2D eigenvalue weighted by Crippen LogP contribution is -2.45. The monoisotopic (exact) mass is 372 g/mol. The first-order valence-electron chi connectivity index (χ1n) is 9.47. The third kappa shape index (κ3) is 3.86. The summed E-state index contributed by atoms with van der Waals surface area (Å²) < 4.78 is 23.6.